The lowest BCUT2D eigenvalue weighted by Gasteiger charge is -2.19. The summed E-state index contributed by atoms with van der Waals surface area (Å²) >= 11 is 0. The molecular weight excluding hydrogens is 233 g/mol. The van der Waals surface area contributed by atoms with Crippen molar-refractivity contribution in [1.82, 2.24) is 0 Å². The number of hydrogen-bond acceptors (Lipinski definition) is 2. The third-order valence-electron chi connectivity index (χ3n) is 2.27. The summed E-state index contributed by atoms with van der Waals surface area (Å²) in [5.41, 5.74) is 2.16. The molecule has 1 N–H and O–H groups in total. The first-order chi connectivity index (χ1) is 8.38. The van der Waals surface area contributed by atoms with Crippen LogP contribution in [0.15, 0.2) is 36.4 Å². The highest BCUT2D eigenvalue weighted by Crippen LogP contribution is 2.19. The van der Waals surface area contributed by atoms with Gasteiger partial charge in [0.15, 0.2) is 0 Å². The van der Waals surface area contributed by atoms with Crippen LogP contribution in [0.5, 0.6) is 0 Å². The van der Waals surface area contributed by atoms with Crippen LogP contribution in [-0.4, -0.2) is 24.7 Å². The van der Waals surface area contributed by atoms with Gasteiger partial charge in [-0.3, -0.25) is 0 Å². The van der Waals surface area contributed by atoms with Crippen LogP contribution >= 0.6 is 0 Å². The molecule has 0 fully saturated rings. The van der Waals surface area contributed by atoms with E-state index in [2.05, 4.69) is 6.58 Å². The molecule has 0 radical (unpaired) electrons. The van der Waals surface area contributed by atoms with Gasteiger partial charge in [-0.25, -0.2) is 9.18 Å². The van der Waals surface area contributed by atoms with Crippen molar-refractivity contribution in [3.63, 3.8) is 0 Å². The normalized spacial score (nSPS) is 10.6. The molecule has 0 atom stereocenters. The van der Waals surface area contributed by atoms with Gasteiger partial charge in [-0.15, -0.1) is 0 Å². The minimum Gasteiger partial charge on any atom is -0.478 e. The zero-order valence-corrected chi connectivity index (χ0v) is 10.5. The van der Waals surface area contributed by atoms with E-state index in [4.69, 9.17) is 5.11 Å². The zero-order valence-electron chi connectivity index (χ0n) is 10.5. The van der Waals surface area contributed by atoms with E-state index in [1.54, 1.807) is 6.07 Å². The Morgan fingerprint density at radius 3 is 2.72 bits per heavy atom. The van der Waals surface area contributed by atoms with Crippen LogP contribution in [-0.2, 0) is 4.79 Å². The fraction of sp³-hybridized carbons (Fsp3) is 0.214. The van der Waals surface area contributed by atoms with Gasteiger partial charge in [0, 0.05) is 25.4 Å². The Morgan fingerprint density at radius 2 is 2.17 bits per heavy atom. The summed E-state index contributed by atoms with van der Waals surface area (Å²) in [6.07, 6.45) is 2.35. The molecule has 18 heavy (non-hydrogen) atoms. The Bertz CT molecular complexity index is 495. The summed E-state index contributed by atoms with van der Waals surface area (Å²) in [6, 6.07) is 4.42. The van der Waals surface area contributed by atoms with E-state index < -0.39 is 11.8 Å². The van der Waals surface area contributed by atoms with Crippen LogP contribution in [0.4, 0.5) is 10.1 Å². The zero-order chi connectivity index (χ0) is 13.7. The highest BCUT2D eigenvalue weighted by Gasteiger charge is 2.04. The van der Waals surface area contributed by atoms with Crippen molar-refractivity contribution in [3.8, 4) is 0 Å². The van der Waals surface area contributed by atoms with E-state index in [-0.39, 0.29) is 0 Å². The quantitative estimate of drug-likeness (QED) is 0.644. The molecule has 3 nitrogen and oxygen atoms in total. The predicted molar refractivity (Wildman–Crippen MR) is 71.2 cm³/mol. The van der Waals surface area contributed by atoms with Gasteiger partial charge in [0.25, 0.3) is 0 Å². The summed E-state index contributed by atoms with van der Waals surface area (Å²) in [4.78, 5) is 12.3. The molecule has 0 aliphatic carbocycles. The van der Waals surface area contributed by atoms with E-state index in [9.17, 15) is 9.18 Å². The summed E-state index contributed by atoms with van der Waals surface area (Å²) < 4.78 is 13.4. The molecule has 0 heterocycles. The third-order valence-corrected chi connectivity index (χ3v) is 2.27. The lowest BCUT2D eigenvalue weighted by molar-refractivity contribution is -0.131. The lowest BCUT2D eigenvalue weighted by atomic mass is 10.1. The summed E-state index contributed by atoms with van der Waals surface area (Å²) in [5.74, 6) is -1.46. The maximum atomic E-state index is 13.4. The van der Waals surface area contributed by atoms with Crippen molar-refractivity contribution >= 4 is 17.7 Å². The van der Waals surface area contributed by atoms with E-state index in [0.717, 1.165) is 11.6 Å². The van der Waals surface area contributed by atoms with Crippen LogP contribution in [0.2, 0.25) is 0 Å². The molecule has 0 aromatic heterocycles. The van der Waals surface area contributed by atoms with E-state index >= 15 is 0 Å². The summed E-state index contributed by atoms with van der Waals surface area (Å²) in [7, 11) is 1.83. The number of carboxylic acid groups (broad SMARTS) is 1. The van der Waals surface area contributed by atoms with Crippen LogP contribution in [0.3, 0.4) is 0 Å². The topological polar surface area (TPSA) is 40.5 Å². The predicted octanol–water partition coefficient (Wildman–Crippen LogP) is 2.94. The molecule has 1 aromatic carbocycles. The highest BCUT2D eigenvalue weighted by molar-refractivity contribution is 5.85. The fourth-order valence-corrected chi connectivity index (χ4v) is 1.58. The standard InChI is InChI=1S/C14H16FNO2/c1-10(2)9-16(3)13-7-11(4-5-14(17)18)6-12(15)8-13/h4-8H,1,9H2,2-3H3,(H,17,18)/b5-4+. The van der Waals surface area contributed by atoms with Crippen molar-refractivity contribution in [3.05, 3.63) is 47.8 Å². The fourth-order valence-electron chi connectivity index (χ4n) is 1.58. The van der Waals surface area contributed by atoms with E-state index in [1.165, 1.54) is 18.2 Å². The first-order valence-electron chi connectivity index (χ1n) is 5.45. The van der Waals surface area contributed by atoms with Gasteiger partial charge in [0.1, 0.15) is 5.82 Å². The SMILES string of the molecule is C=C(C)CN(C)c1cc(F)cc(/C=C/C(=O)O)c1. The van der Waals surface area contributed by atoms with Crippen molar-refractivity contribution < 1.29 is 14.3 Å². The Morgan fingerprint density at radius 1 is 1.50 bits per heavy atom. The van der Waals surface area contributed by atoms with Crippen LogP contribution in [0.25, 0.3) is 6.08 Å². The van der Waals surface area contributed by atoms with Crippen molar-refractivity contribution in [2.24, 2.45) is 0 Å². The summed E-state index contributed by atoms with van der Waals surface area (Å²) in [5, 5.41) is 8.54. The smallest absolute Gasteiger partial charge is 0.328 e. The van der Waals surface area contributed by atoms with E-state index in [0.29, 0.717) is 17.8 Å². The van der Waals surface area contributed by atoms with Crippen molar-refractivity contribution in [2.45, 2.75) is 6.92 Å². The Kier molecular flexibility index (Phi) is 4.66. The first kappa shape index (κ1) is 14.0. The maximum absolute atomic E-state index is 13.4. The van der Waals surface area contributed by atoms with Crippen LogP contribution in [0, 0.1) is 5.82 Å². The molecule has 96 valence electrons. The van der Waals surface area contributed by atoms with Crippen LogP contribution in [0.1, 0.15) is 12.5 Å². The highest BCUT2D eigenvalue weighted by atomic mass is 19.1. The summed E-state index contributed by atoms with van der Waals surface area (Å²) in [6.45, 7) is 6.30. The van der Waals surface area contributed by atoms with Gasteiger partial charge in [0.2, 0.25) is 0 Å². The number of likely N-dealkylation sites (N-methyl/N-ethyl adjacent to an activating group) is 1. The Labute approximate surface area is 106 Å². The lowest BCUT2D eigenvalue weighted by Crippen LogP contribution is -2.19. The minimum atomic E-state index is -1.06. The third kappa shape index (κ3) is 4.41. The molecule has 0 saturated heterocycles. The van der Waals surface area contributed by atoms with Gasteiger partial charge in [-0.05, 0) is 36.8 Å². The van der Waals surface area contributed by atoms with Gasteiger partial charge < -0.3 is 10.0 Å². The first-order valence-corrected chi connectivity index (χ1v) is 5.45. The minimum absolute atomic E-state index is 0.397. The molecule has 1 rings (SSSR count). The number of anilines is 1. The average Bonchev–Trinajstić information content (AvgIpc) is 2.24. The second kappa shape index (κ2) is 6.00. The van der Waals surface area contributed by atoms with Crippen molar-refractivity contribution in [1.29, 1.82) is 0 Å². The number of aliphatic carboxylic acids is 1. The van der Waals surface area contributed by atoms with Gasteiger partial charge >= 0.3 is 5.97 Å². The molecule has 0 unspecified atom stereocenters. The monoisotopic (exact) mass is 249 g/mol. The molecule has 0 aliphatic rings. The van der Waals surface area contributed by atoms with Gasteiger partial charge in [0.05, 0.1) is 0 Å². The number of nitrogens with zero attached hydrogens (tertiary/aromatic N) is 1. The molecule has 0 saturated carbocycles. The number of benzene rings is 1. The van der Waals surface area contributed by atoms with Gasteiger partial charge in [-0.1, -0.05) is 12.2 Å². The number of rotatable bonds is 5. The second-order valence-corrected chi connectivity index (χ2v) is 4.23. The molecule has 0 spiro atoms. The number of carboxylic acids is 1. The average molecular weight is 249 g/mol. The van der Waals surface area contributed by atoms with Gasteiger partial charge in [-0.2, -0.15) is 0 Å². The molecule has 0 bridgehead atoms. The van der Waals surface area contributed by atoms with Crippen LogP contribution < -0.4 is 4.90 Å². The maximum Gasteiger partial charge on any atom is 0.328 e. The Hall–Kier alpha value is -2.10. The molecule has 0 aliphatic heterocycles. The molecule has 0 amide bonds. The molecular formula is C14H16FNO2. The van der Waals surface area contributed by atoms with Crippen molar-refractivity contribution in [2.75, 3.05) is 18.5 Å². The molecule has 1 aromatic rings. The Balaban J connectivity index is 3.00. The largest absolute Gasteiger partial charge is 0.478 e. The van der Waals surface area contributed by atoms with E-state index in [1.807, 2.05) is 18.9 Å². The number of hydrogen-bond donors (Lipinski definition) is 1. The number of halogens is 1. The number of carbonyl (C=O) groups is 1. The second-order valence-electron chi connectivity index (χ2n) is 4.23. The molecule has 4 heteroatoms.